The lowest BCUT2D eigenvalue weighted by Crippen LogP contribution is -2.62. The van der Waals surface area contributed by atoms with E-state index in [1.54, 1.807) is 0 Å². The van der Waals surface area contributed by atoms with Crippen molar-refractivity contribution >= 4 is 0 Å². The van der Waals surface area contributed by atoms with E-state index >= 15 is 0 Å². The van der Waals surface area contributed by atoms with Crippen LogP contribution in [0.25, 0.3) is 0 Å². The van der Waals surface area contributed by atoms with Crippen molar-refractivity contribution in [2.75, 3.05) is 32.7 Å². The first-order chi connectivity index (χ1) is 8.57. The Morgan fingerprint density at radius 2 is 1.74 bits per heavy atom. The highest BCUT2D eigenvalue weighted by molar-refractivity contribution is 4.98. The third kappa shape index (κ3) is 4.44. The van der Waals surface area contributed by atoms with E-state index in [9.17, 15) is 5.11 Å². The summed E-state index contributed by atoms with van der Waals surface area (Å²) in [6.45, 7) is 16.7. The van der Waals surface area contributed by atoms with Crippen molar-refractivity contribution in [1.29, 1.82) is 0 Å². The highest BCUT2D eigenvalue weighted by Gasteiger charge is 2.41. The van der Waals surface area contributed by atoms with Gasteiger partial charge in [-0.25, -0.2) is 0 Å². The zero-order chi connectivity index (χ0) is 14.3. The van der Waals surface area contributed by atoms with Gasteiger partial charge < -0.3 is 15.3 Å². The number of hydrogen-bond donors (Lipinski definition) is 2. The SMILES string of the molecule is CC(C)(C)CC1CN(CC(C)(C)CC2(O)CNC2)C1. The van der Waals surface area contributed by atoms with E-state index < -0.39 is 5.60 Å². The first-order valence-electron chi connectivity index (χ1n) is 7.73. The highest BCUT2D eigenvalue weighted by Crippen LogP contribution is 2.35. The number of nitrogens with zero attached hydrogens (tertiary/aromatic N) is 1. The monoisotopic (exact) mass is 268 g/mol. The van der Waals surface area contributed by atoms with E-state index in [1.165, 1.54) is 19.5 Å². The van der Waals surface area contributed by atoms with Gasteiger partial charge in [0.05, 0.1) is 5.60 Å². The van der Waals surface area contributed by atoms with Crippen LogP contribution < -0.4 is 5.32 Å². The summed E-state index contributed by atoms with van der Waals surface area (Å²) in [6.07, 6.45) is 2.24. The van der Waals surface area contributed by atoms with Gasteiger partial charge in [0.25, 0.3) is 0 Å². The fourth-order valence-electron chi connectivity index (χ4n) is 3.89. The van der Waals surface area contributed by atoms with E-state index in [2.05, 4.69) is 44.8 Å². The Morgan fingerprint density at radius 1 is 1.16 bits per heavy atom. The van der Waals surface area contributed by atoms with Crippen LogP contribution in [0, 0.1) is 16.7 Å². The molecule has 0 aliphatic carbocycles. The lowest BCUT2D eigenvalue weighted by atomic mass is 9.75. The first kappa shape index (κ1) is 15.3. The second-order valence-electron chi connectivity index (χ2n) is 8.99. The van der Waals surface area contributed by atoms with Gasteiger partial charge in [-0.2, -0.15) is 0 Å². The van der Waals surface area contributed by atoms with E-state index in [0.29, 0.717) is 5.41 Å². The van der Waals surface area contributed by atoms with Gasteiger partial charge in [0.1, 0.15) is 0 Å². The van der Waals surface area contributed by atoms with Crippen molar-refractivity contribution in [3.8, 4) is 0 Å². The third-order valence-electron chi connectivity index (χ3n) is 4.30. The number of hydrogen-bond acceptors (Lipinski definition) is 3. The fourth-order valence-corrected chi connectivity index (χ4v) is 3.89. The van der Waals surface area contributed by atoms with Crippen LogP contribution in [0.15, 0.2) is 0 Å². The Hall–Kier alpha value is -0.120. The Balaban J connectivity index is 1.71. The molecule has 0 atom stereocenters. The van der Waals surface area contributed by atoms with Crippen LogP contribution in [0.2, 0.25) is 0 Å². The van der Waals surface area contributed by atoms with Crippen molar-refractivity contribution in [2.24, 2.45) is 16.7 Å². The summed E-state index contributed by atoms with van der Waals surface area (Å²) in [5.74, 6) is 0.879. The number of nitrogens with one attached hydrogen (secondary N) is 1. The maximum Gasteiger partial charge on any atom is 0.0900 e. The molecule has 3 nitrogen and oxygen atoms in total. The summed E-state index contributed by atoms with van der Waals surface area (Å²) in [4.78, 5) is 2.56. The van der Waals surface area contributed by atoms with Gasteiger partial charge >= 0.3 is 0 Å². The normalized spacial score (nSPS) is 24.9. The lowest BCUT2D eigenvalue weighted by Gasteiger charge is -2.48. The van der Waals surface area contributed by atoms with Crippen LogP contribution in [0.4, 0.5) is 0 Å². The highest BCUT2D eigenvalue weighted by atomic mass is 16.3. The molecule has 3 heteroatoms. The average Bonchev–Trinajstić information content (AvgIpc) is 2.08. The minimum atomic E-state index is -0.445. The molecule has 0 amide bonds. The molecular formula is C16H32N2O. The van der Waals surface area contributed by atoms with E-state index in [-0.39, 0.29) is 5.41 Å². The quantitative estimate of drug-likeness (QED) is 0.801. The molecule has 0 radical (unpaired) electrons. The largest absolute Gasteiger partial charge is 0.387 e. The van der Waals surface area contributed by atoms with Crippen LogP contribution in [0.1, 0.15) is 47.5 Å². The number of rotatable bonds is 5. The summed E-state index contributed by atoms with van der Waals surface area (Å²) >= 11 is 0. The minimum Gasteiger partial charge on any atom is -0.387 e. The molecule has 0 bridgehead atoms. The molecule has 2 aliphatic rings. The van der Waals surface area contributed by atoms with Crippen molar-refractivity contribution in [2.45, 2.75) is 53.1 Å². The molecule has 112 valence electrons. The second-order valence-corrected chi connectivity index (χ2v) is 8.99. The molecular weight excluding hydrogens is 236 g/mol. The molecule has 19 heavy (non-hydrogen) atoms. The standard InChI is InChI=1S/C16H32N2O/c1-14(2,3)6-13-7-18(8-13)12-15(4,5)9-16(19)10-17-11-16/h13,17,19H,6-12H2,1-5H3. The first-order valence-corrected chi connectivity index (χ1v) is 7.73. The van der Waals surface area contributed by atoms with Crippen molar-refractivity contribution in [1.82, 2.24) is 10.2 Å². The molecule has 0 unspecified atom stereocenters. The second kappa shape index (κ2) is 5.01. The topological polar surface area (TPSA) is 35.5 Å². The molecule has 0 aromatic rings. The predicted octanol–water partition coefficient (Wildman–Crippen LogP) is 2.10. The van der Waals surface area contributed by atoms with Gasteiger partial charge in [-0.15, -0.1) is 0 Å². The molecule has 0 aromatic carbocycles. The van der Waals surface area contributed by atoms with Crippen molar-refractivity contribution < 1.29 is 5.11 Å². The number of β-amino-alcohol motifs (C(OH)–C–C–N with tert-alkyl or cyclic N) is 1. The number of aliphatic hydroxyl groups is 1. The summed E-state index contributed by atoms with van der Waals surface area (Å²) in [7, 11) is 0. The van der Waals surface area contributed by atoms with Crippen LogP contribution in [-0.4, -0.2) is 48.3 Å². The van der Waals surface area contributed by atoms with Crippen molar-refractivity contribution in [3.63, 3.8) is 0 Å². The third-order valence-corrected chi connectivity index (χ3v) is 4.30. The smallest absolute Gasteiger partial charge is 0.0900 e. The lowest BCUT2D eigenvalue weighted by molar-refractivity contribution is -0.0588. The average molecular weight is 268 g/mol. The summed E-state index contributed by atoms with van der Waals surface area (Å²) < 4.78 is 0. The van der Waals surface area contributed by atoms with Crippen LogP contribution in [0.3, 0.4) is 0 Å². The molecule has 2 fully saturated rings. The van der Waals surface area contributed by atoms with Crippen LogP contribution >= 0.6 is 0 Å². The Bertz CT molecular complexity index is 309. The van der Waals surface area contributed by atoms with Crippen LogP contribution in [0.5, 0.6) is 0 Å². The maximum atomic E-state index is 10.3. The maximum absolute atomic E-state index is 10.3. The summed E-state index contributed by atoms with van der Waals surface area (Å²) in [5.41, 5.74) is 0.224. The Morgan fingerprint density at radius 3 is 2.16 bits per heavy atom. The van der Waals surface area contributed by atoms with Gasteiger partial charge in [-0.05, 0) is 29.6 Å². The van der Waals surface area contributed by atoms with Gasteiger partial charge in [0.2, 0.25) is 0 Å². The molecule has 2 N–H and O–H groups in total. The van der Waals surface area contributed by atoms with Crippen LogP contribution in [-0.2, 0) is 0 Å². The van der Waals surface area contributed by atoms with E-state index in [4.69, 9.17) is 0 Å². The van der Waals surface area contributed by atoms with Gasteiger partial charge in [-0.1, -0.05) is 34.6 Å². The van der Waals surface area contributed by atoms with E-state index in [1.807, 2.05) is 0 Å². The van der Waals surface area contributed by atoms with Gasteiger partial charge in [0, 0.05) is 32.7 Å². The molecule has 0 spiro atoms. The van der Waals surface area contributed by atoms with Gasteiger partial charge in [0.15, 0.2) is 0 Å². The molecule has 2 rings (SSSR count). The summed E-state index contributed by atoms with van der Waals surface area (Å²) in [6, 6.07) is 0. The predicted molar refractivity (Wildman–Crippen MR) is 80.2 cm³/mol. The molecule has 0 aromatic heterocycles. The molecule has 2 heterocycles. The zero-order valence-electron chi connectivity index (χ0n) is 13.4. The minimum absolute atomic E-state index is 0.212. The Kier molecular flexibility index (Phi) is 4.03. The zero-order valence-corrected chi connectivity index (χ0v) is 13.4. The van der Waals surface area contributed by atoms with Gasteiger partial charge in [-0.3, -0.25) is 0 Å². The van der Waals surface area contributed by atoms with E-state index in [0.717, 1.165) is 32.0 Å². The van der Waals surface area contributed by atoms with Crippen molar-refractivity contribution in [3.05, 3.63) is 0 Å². The molecule has 2 aliphatic heterocycles. The fraction of sp³-hybridized carbons (Fsp3) is 1.00. The Labute approximate surface area is 118 Å². The number of likely N-dealkylation sites (tertiary alicyclic amines) is 1. The molecule has 0 saturated carbocycles. The molecule has 2 saturated heterocycles. The summed E-state index contributed by atoms with van der Waals surface area (Å²) in [5, 5.41) is 13.4.